The van der Waals surface area contributed by atoms with Crippen molar-refractivity contribution in [1.82, 2.24) is 19.8 Å². The lowest BCUT2D eigenvalue weighted by atomic mass is 9.94. The minimum Gasteiger partial charge on any atom is -0.379 e. The number of pyridine rings is 2. The number of hydrogen-bond donors (Lipinski definition) is 1. The molecule has 38 heavy (non-hydrogen) atoms. The van der Waals surface area contributed by atoms with E-state index < -0.39 is 0 Å². The van der Waals surface area contributed by atoms with E-state index in [2.05, 4.69) is 32.2 Å². The molecule has 0 atom stereocenters. The van der Waals surface area contributed by atoms with Crippen molar-refractivity contribution in [3.8, 4) is 0 Å². The number of carbonyl (C=O) groups is 1. The number of nitrogens with one attached hydrogen (secondary N) is 1. The van der Waals surface area contributed by atoms with Gasteiger partial charge in [-0.05, 0) is 55.4 Å². The number of morpholine rings is 1. The van der Waals surface area contributed by atoms with Gasteiger partial charge in [0.2, 0.25) is 0 Å². The number of fused-ring (bicyclic) bond motifs is 1. The van der Waals surface area contributed by atoms with E-state index in [1.807, 2.05) is 32.6 Å². The summed E-state index contributed by atoms with van der Waals surface area (Å²) in [5, 5.41) is 4.56. The van der Waals surface area contributed by atoms with Gasteiger partial charge in [-0.25, -0.2) is 9.97 Å². The summed E-state index contributed by atoms with van der Waals surface area (Å²) in [6, 6.07) is 6.98. The van der Waals surface area contributed by atoms with Crippen LogP contribution in [0.4, 0.5) is 17.3 Å². The van der Waals surface area contributed by atoms with Gasteiger partial charge in [-0.1, -0.05) is 12.8 Å². The average molecular weight is 535 g/mol. The van der Waals surface area contributed by atoms with Gasteiger partial charge in [-0.15, -0.1) is 11.3 Å². The van der Waals surface area contributed by atoms with Crippen LogP contribution in [-0.4, -0.2) is 85.2 Å². The molecule has 2 saturated heterocycles. The Balaban J connectivity index is 1.16. The topological polar surface area (TPSA) is 73.8 Å². The highest BCUT2D eigenvalue weighted by molar-refractivity contribution is 7.21. The van der Waals surface area contributed by atoms with Crippen molar-refractivity contribution in [2.75, 3.05) is 63.7 Å². The van der Waals surface area contributed by atoms with Crippen LogP contribution < -0.4 is 10.2 Å². The maximum Gasteiger partial charge on any atom is 0.263 e. The smallest absolute Gasteiger partial charge is 0.263 e. The zero-order chi connectivity index (χ0) is 26.1. The van der Waals surface area contributed by atoms with Crippen molar-refractivity contribution in [2.45, 2.75) is 50.5 Å². The van der Waals surface area contributed by atoms with E-state index in [4.69, 9.17) is 9.72 Å². The minimum atomic E-state index is 0.0915. The van der Waals surface area contributed by atoms with E-state index in [9.17, 15) is 4.79 Å². The fourth-order valence-corrected chi connectivity index (χ4v) is 7.54. The lowest BCUT2D eigenvalue weighted by molar-refractivity contribution is 0.0115. The molecule has 0 radical (unpaired) electrons. The number of piperidine rings is 1. The minimum absolute atomic E-state index is 0.0915. The van der Waals surface area contributed by atoms with Crippen LogP contribution in [0.3, 0.4) is 0 Å². The van der Waals surface area contributed by atoms with Gasteiger partial charge in [0.25, 0.3) is 5.91 Å². The Morgan fingerprint density at radius 3 is 2.42 bits per heavy atom. The average Bonchev–Trinajstić information content (AvgIpc) is 3.61. The number of aromatic nitrogens is 2. The molecule has 3 aromatic rings. The normalized spacial score (nSPS) is 19.8. The van der Waals surface area contributed by atoms with E-state index in [-0.39, 0.29) is 5.91 Å². The van der Waals surface area contributed by atoms with Crippen LogP contribution >= 0.6 is 11.3 Å². The molecule has 9 heteroatoms. The first-order valence-corrected chi connectivity index (χ1v) is 14.8. The third-order valence-corrected chi connectivity index (χ3v) is 9.52. The number of hydrogen-bond acceptors (Lipinski definition) is 8. The first-order valence-electron chi connectivity index (χ1n) is 14.0. The summed E-state index contributed by atoms with van der Waals surface area (Å²) in [6.45, 7) is 5.98. The first-order chi connectivity index (χ1) is 18.6. The van der Waals surface area contributed by atoms with Crippen LogP contribution in [-0.2, 0) is 4.74 Å². The molecule has 3 fully saturated rings. The van der Waals surface area contributed by atoms with Gasteiger partial charge in [-0.3, -0.25) is 9.69 Å². The number of anilines is 3. The molecule has 8 nitrogen and oxygen atoms in total. The van der Waals surface area contributed by atoms with E-state index in [0.717, 1.165) is 78.8 Å². The molecule has 6 rings (SSSR count). The summed E-state index contributed by atoms with van der Waals surface area (Å²) in [4.78, 5) is 30.0. The van der Waals surface area contributed by atoms with Gasteiger partial charge < -0.3 is 19.9 Å². The molecular weight excluding hydrogens is 496 g/mol. The second-order valence-electron chi connectivity index (χ2n) is 11.0. The molecule has 0 aromatic carbocycles. The van der Waals surface area contributed by atoms with Crippen LogP contribution in [0.1, 0.15) is 59.7 Å². The zero-order valence-corrected chi connectivity index (χ0v) is 23.3. The summed E-state index contributed by atoms with van der Waals surface area (Å²) < 4.78 is 6.59. The number of thiophene rings is 1. The van der Waals surface area contributed by atoms with Gasteiger partial charge in [0, 0.05) is 57.9 Å². The fraction of sp³-hybridized carbons (Fsp3) is 0.552. The Morgan fingerprint density at radius 2 is 1.74 bits per heavy atom. The third-order valence-electron chi connectivity index (χ3n) is 8.37. The summed E-state index contributed by atoms with van der Waals surface area (Å²) in [5.74, 6) is 2.09. The highest BCUT2D eigenvalue weighted by atomic mass is 32.1. The van der Waals surface area contributed by atoms with Crippen LogP contribution in [0.2, 0.25) is 0 Å². The Kier molecular flexibility index (Phi) is 7.50. The highest BCUT2D eigenvalue weighted by Crippen LogP contribution is 2.44. The standard InChI is InChI=1S/C29H38N6O2S/c1-33(2)29(36)28-27(20-5-3-4-6-20)23-17-26(31-19-24(23)38-28)32-25-8-7-22(18-30-25)34-11-9-21(10-12-34)35-13-15-37-16-14-35/h7-8,17-21H,3-6,9-16H2,1-2H3,(H,30,31,32). The van der Waals surface area contributed by atoms with E-state index in [0.29, 0.717) is 12.0 Å². The van der Waals surface area contributed by atoms with Crippen LogP contribution in [0.5, 0.6) is 0 Å². The third kappa shape index (κ3) is 5.24. The summed E-state index contributed by atoms with van der Waals surface area (Å²) in [6.07, 6.45) is 11.0. The Morgan fingerprint density at radius 1 is 1.00 bits per heavy atom. The molecule has 202 valence electrons. The van der Waals surface area contributed by atoms with E-state index in [1.54, 1.807) is 16.2 Å². The molecule has 1 aliphatic carbocycles. The predicted octanol–water partition coefficient (Wildman–Crippen LogP) is 5.10. The van der Waals surface area contributed by atoms with Crippen molar-refractivity contribution in [3.63, 3.8) is 0 Å². The molecule has 0 unspecified atom stereocenters. The number of ether oxygens (including phenoxy) is 1. The molecule has 0 bridgehead atoms. The maximum atomic E-state index is 13.0. The summed E-state index contributed by atoms with van der Waals surface area (Å²) in [5.41, 5.74) is 2.39. The Labute approximate surface area is 229 Å². The summed E-state index contributed by atoms with van der Waals surface area (Å²) >= 11 is 1.58. The number of rotatable bonds is 6. The monoisotopic (exact) mass is 534 g/mol. The fourth-order valence-electron chi connectivity index (χ4n) is 6.28. The lowest BCUT2D eigenvalue weighted by Gasteiger charge is -2.40. The quantitative estimate of drug-likeness (QED) is 0.472. The van der Waals surface area contributed by atoms with Crippen molar-refractivity contribution < 1.29 is 9.53 Å². The Hall–Kier alpha value is -2.75. The molecular formula is C29H38N6O2S. The SMILES string of the molecule is CN(C)C(=O)c1sc2cnc(Nc3ccc(N4CCC(N5CCOCC5)CC4)cn3)cc2c1C1CCCC1. The lowest BCUT2D eigenvalue weighted by Crippen LogP contribution is -2.49. The van der Waals surface area contributed by atoms with Gasteiger partial charge in [0.15, 0.2) is 0 Å². The second kappa shape index (κ2) is 11.2. The second-order valence-corrected chi connectivity index (χ2v) is 12.0. The molecule has 0 spiro atoms. The van der Waals surface area contributed by atoms with Gasteiger partial charge in [0.1, 0.15) is 11.6 Å². The number of carbonyl (C=O) groups excluding carboxylic acids is 1. The molecule has 2 aliphatic heterocycles. The van der Waals surface area contributed by atoms with Gasteiger partial charge >= 0.3 is 0 Å². The van der Waals surface area contributed by atoms with Crippen LogP contribution in [0, 0.1) is 0 Å². The van der Waals surface area contributed by atoms with Gasteiger partial charge in [-0.2, -0.15) is 0 Å². The maximum absolute atomic E-state index is 13.0. The first kappa shape index (κ1) is 25.5. The number of nitrogens with zero attached hydrogens (tertiary/aromatic N) is 5. The zero-order valence-electron chi connectivity index (χ0n) is 22.5. The van der Waals surface area contributed by atoms with E-state index >= 15 is 0 Å². The van der Waals surface area contributed by atoms with Crippen molar-refractivity contribution in [2.24, 2.45) is 0 Å². The Bertz CT molecular complexity index is 1260. The largest absolute Gasteiger partial charge is 0.379 e. The molecule has 5 heterocycles. The predicted molar refractivity (Wildman–Crippen MR) is 154 cm³/mol. The van der Waals surface area contributed by atoms with Crippen LogP contribution in [0.15, 0.2) is 30.6 Å². The van der Waals surface area contributed by atoms with Crippen molar-refractivity contribution >= 4 is 44.7 Å². The van der Waals surface area contributed by atoms with Crippen molar-refractivity contribution in [3.05, 3.63) is 41.0 Å². The van der Waals surface area contributed by atoms with Crippen molar-refractivity contribution in [1.29, 1.82) is 0 Å². The van der Waals surface area contributed by atoms with Crippen LogP contribution in [0.25, 0.3) is 10.1 Å². The van der Waals surface area contributed by atoms with E-state index in [1.165, 1.54) is 36.9 Å². The van der Waals surface area contributed by atoms with Gasteiger partial charge in [0.05, 0.1) is 34.7 Å². The molecule has 1 saturated carbocycles. The molecule has 3 aromatic heterocycles. The number of amides is 1. The highest BCUT2D eigenvalue weighted by Gasteiger charge is 2.29. The molecule has 3 aliphatic rings. The summed E-state index contributed by atoms with van der Waals surface area (Å²) in [7, 11) is 3.66. The molecule has 1 N–H and O–H groups in total. The molecule has 1 amide bonds.